The van der Waals surface area contributed by atoms with E-state index in [4.69, 9.17) is 5.73 Å². The molecule has 0 unspecified atom stereocenters. The zero-order chi connectivity index (χ0) is 13.1. The van der Waals surface area contributed by atoms with Crippen molar-refractivity contribution in [3.05, 3.63) is 16.8 Å². The van der Waals surface area contributed by atoms with Gasteiger partial charge in [0.2, 0.25) is 0 Å². The Morgan fingerprint density at radius 2 is 1.67 bits per heavy atom. The number of nitrogen functional groups attached to an aromatic ring is 1. The van der Waals surface area contributed by atoms with Gasteiger partial charge in [0.25, 0.3) is 0 Å². The molecule has 0 atom stereocenters. The summed E-state index contributed by atoms with van der Waals surface area (Å²) in [5.41, 5.74) is 9.08. The number of hydrogen-bond acceptors (Lipinski definition) is 2. The predicted molar refractivity (Wildman–Crippen MR) is 74.4 cm³/mol. The van der Waals surface area contributed by atoms with Crippen molar-refractivity contribution in [3.63, 3.8) is 0 Å². The van der Waals surface area contributed by atoms with Gasteiger partial charge in [-0.25, -0.2) is 0 Å². The summed E-state index contributed by atoms with van der Waals surface area (Å²) in [4.78, 5) is 0. The summed E-state index contributed by atoms with van der Waals surface area (Å²) in [6, 6.07) is 2.74. The van der Waals surface area contributed by atoms with Crippen LogP contribution in [0.5, 0.6) is 0 Å². The second-order valence-electron chi connectivity index (χ2n) is 5.45. The zero-order valence-electron chi connectivity index (χ0n) is 11.5. The summed E-state index contributed by atoms with van der Waals surface area (Å²) in [6.45, 7) is 4.09. The second kappa shape index (κ2) is 5.48. The number of hydrogen-bond donors (Lipinski definition) is 1. The third kappa shape index (κ3) is 2.25. The van der Waals surface area contributed by atoms with Crippen molar-refractivity contribution in [3.8, 4) is 6.07 Å². The van der Waals surface area contributed by atoms with E-state index in [-0.39, 0.29) is 0 Å². The molecule has 98 valence electrons. The molecule has 0 aliphatic heterocycles. The summed E-state index contributed by atoms with van der Waals surface area (Å²) in [5, 5.41) is 9.19. The van der Waals surface area contributed by atoms with Crippen LogP contribution in [0.15, 0.2) is 0 Å². The highest BCUT2D eigenvalue weighted by Gasteiger charge is 2.21. The average Bonchev–Trinajstić information content (AvgIpc) is 2.52. The minimum Gasteiger partial charge on any atom is -0.384 e. The van der Waals surface area contributed by atoms with Crippen molar-refractivity contribution in [2.45, 2.75) is 64.8 Å². The maximum Gasteiger partial charge on any atom is 0.122 e. The van der Waals surface area contributed by atoms with E-state index in [0.717, 1.165) is 5.56 Å². The summed E-state index contributed by atoms with van der Waals surface area (Å²) < 4.78 is 2.22. The van der Waals surface area contributed by atoms with E-state index < -0.39 is 0 Å². The number of rotatable bonds is 1. The molecule has 1 saturated carbocycles. The Morgan fingerprint density at radius 1 is 1.11 bits per heavy atom. The third-order valence-electron chi connectivity index (χ3n) is 4.35. The maximum absolute atomic E-state index is 9.19. The smallest absolute Gasteiger partial charge is 0.122 e. The van der Waals surface area contributed by atoms with Crippen LogP contribution < -0.4 is 5.73 Å². The van der Waals surface area contributed by atoms with E-state index >= 15 is 0 Å². The van der Waals surface area contributed by atoms with Crippen LogP contribution in [-0.4, -0.2) is 4.57 Å². The van der Waals surface area contributed by atoms with Crippen LogP contribution in [0.3, 0.4) is 0 Å². The highest BCUT2D eigenvalue weighted by Crippen LogP contribution is 2.34. The standard InChI is InChI=1S/C15H23N3/c1-11-12(2)18(15(17)14(11)10-16)13-8-6-4-3-5-7-9-13/h13H,3-9,17H2,1-2H3. The predicted octanol–water partition coefficient (Wildman–Crippen LogP) is 3.84. The molecule has 3 heteroatoms. The van der Waals surface area contributed by atoms with Gasteiger partial charge >= 0.3 is 0 Å². The van der Waals surface area contributed by atoms with Gasteiger partial charge in [-0.1, -0.05) is 32.1 Å². The number of nitriles is 1. The molecule has 18 heavy (non-hydrogen) atoms. The molecule has 0 radical (unpaired) electrons. The molecular formula is C15H23N3. The SMILES string of the molecule is Cc1c(C#N)c(N)n(C2CCCCCCC2)c1C. The molecule has 3 nitrogen and oxygen atoms in total. The fraction of sp³-hybridized carbons (Fsp3) is 0.667. The lowest BCUT2D eigenvalue weighted by atomic mass is 9.96. The van der Waals surface area contributed by atoms with Crippen LogP contribution >= 0.6 is 0 Å². The maximum atomic E-state index is 9.19. The third-order valence-corrected chi connectivity index (χ3v) is 4.35. The summed E-state index contributed by atoms with van der Waals surface area (Å²) in [7, 11) is 0. The van der Waals surface area contributed by atoms with E-state index in [1.165, 1.54) is 50.6 Å². The molecule has 1 heterocycles. The molecule has 2 N–H and O–H groups in total. The van der Waals surface area contributed by atoms with Crippen LogP contribution in [-0.2, 0) is 0 Å². The molecule has 0 bridgehead atoms. The van der Waals surface area contributed by atoms with E-state index in [9.17, 15) is 5.26 Å². The minimum absolute atomic E-state index is 0.492. The topological polar surface area (TPSA) is 54.7 Å². The van der Waals surface area contributed by atoms with Crippen molar-refractivity contribution < 1.29 is 0 Å². The number of aromatic nitrogens is 1. The molecule has 2 rings (SSSR count). The first kappa shape index (κ1) is 13.0. The number of nitrogens with zero attached hydrogens (tertiary/aromatic N) is 2. The van der Waals surface area contributed by atoms with Crippen LogP contribution in [0.25, 0.3) is 0 Å². The average molecular weight is 245 g/mol. The van der Waals surface area contributed by atoms with Crippen LogP contribution in [0, 0.1) is 25.2 Å². The first-order valence-electron chi connectivity index (χ1n) is 7.03. The summed E-state index contributed by atoms with van der Waals surface area (Å²) in [6.07, 6.45) is 9.00. The minimum atomic E-state index is 0.492. The number of anilines is 1. The molecule has 1 aromatic rings. The second-order valence-corrected chi connectivity index (χ2v) is 5.45. The molecule has 1 fully saturated rings. The molecular weight excluding hydrogens is 222 g/mol. The molecule has 0 saturated heterocycles. The zero-order valence-corrected chi connectivity index (χ0v) is 11.5. The van der Waals surface area contributed by atoms with Crippen molar-refractivity contribution in [1.29, 1.82) is 5.26 Å². The van der Waals surface area contributed by atoms with Gasteiger partial charge in [0.1, 0.15) is 11.9 Å². The Balaban J connectivity index is 2.34. The molecule has 1 aromatic heterocycles. The Hall–Kier alpha value is -1.43. The Bertz CT molecular complexity index is 457. The summed E-state index contributed by atoms with van der Waals surface area (Å²) in [5.74, 6) is 0.679. The Morgan fingerprint density at radius 3 is 2.17 bits per heavy atom. The Labute approximate surface area is 110 Å². The van der Waals surface area contributed by atoms with E-state index in [1.807, 2.05) is 6.92 Å². The van der Waals surface area contributed by atoms with Gasteiger partial charge in [-0.05, 0) is 32.3 Å². The highest BCUT2D eigenvalue weighted by molar-refractivity contribution is 5.58. The largest absolute Gasteiger partial charge is 0.384 e. The molecule has 0 amide bonds. The van der Waals surface area contributed by atoms with Gasteiger partial charge in [0.15, 0.2) is 0 Å². The van der Waals surface area contributed by atoms with Crippen LogP contribution in [0.1, 0.15) is 67.8 Å². The molecule has 0 aromatic carbocycles. The van der Waals surface area contributed by atoms with E-state index in [1.54, 1.807) is 0 Å². The van der Waals surface area contributed by atoms with E-state index in [0.29, 0.717) is 17.4 Å². The lowest BCUT2D eigenvalue weighted by Crippen LogP contribution is -2.14. The van der Waals surface area contributed by atoms with Gasteiger partial charge in [-0.15, -0.1) is 0 Å². The molecule has 1 aliphatic carbocycles. The first-order valence-corrected chi connectivity index (χ1v) is 7.03. The van der Waals surface area contributed by atoms with Crippen LogP contribution in [0.4, 0.5) is 5.82 Å². The van der Waals surface area contributed by atoms with Gasteiger partial charge in [0.05, 0.1) is 5.56 Å². The quantitative estimate of drug-likeness (QED) is 0.817. The normalized spacial score (nSPS) is 18.1. The van der Waals surface area contributed by atoms with Gasteiger partial charge in [-0.3, -0.25) is 0 Å². The van der Waals surface area contributed by atoms with Crippen molar-refractivity contribution in [2.75, 3.05) is 5.73 Å². The van der Waals surface area contributed by atoms with Gasteiger partial charge < -0.3 is 10.3 Å². The van der Waals surface area contributed by atoms with Crippen molar-refractivity contribution in [2.24, 2.45) is 0 Å². The highest BCUT2D eigenvalue weighted by atomic mass is 15.1. The Kier molecular flexibility index (Phi) is 3.96. The van der Waals surface area contributed by atoms with Crippen LogP contribution in [0.2, 0.25) is 0 Å². The molecule has 0 spiro atoms. The van der Waals surface area contributed by atoms with Gasteiger partial charge in [-0.2, -0.15) is 5.26 Å². The fourth-order valence-corrected chi connectivity index (χ4v) is 3.16. The number of nitrogens with two attached hydrogens (primary N) is 1. The lowest BCUT2D eigenvalue weighted by Gasteiger charge is -2.24. The van der Waals surface area contributed by atoms with Gasteiger partial charge in [0, 0.05) is 11.7 Å². The first-order chi connectivity index (χ1) is 8.66. The molecule has 1 aliphatic rings. The fourth-order valence-electron chi connectivity index (χ4n) is 3.16. The van der Waals surface area contributed by atoms with E-state index in [2.05, 4.69) is 17.6 Å². The monoisotopic (exact) mass is 245 g/mol. The summed E-state index contributed by atoms with van der Waals surface area (Å²) >= 11 is 0. The van der Waals surface area contributed by atoms with Crippen molar-refractivity contribution in [1.82, 2.24) is 4.57 Å². The lowest BCUT2D eigenvalue weighted by molar-refractivity contribution is 0.371. The van der Waals surface area contributed by atoms with Crippen molar-refractivity contribution >= 4 is 5.82 Å².